The maximum absolute atomic E-state index is 13.6. The van der Waals surface area contributed by atoms with Gasteiger partial charge in [0, 0.05) is 24.5 Å². The van der Waals surface area contributed by atoms with Crippen LogP contribution < -0.4 is 33.0 Å². The van der Waals surface area contributed by atoms with Crippen LogP contribution in [0, 0.1) is 6.92 Å². The molecule has 0 fully saturated rings. The van der Waals surface area contributed by atoms with Crippen LogP contribution in [0.15, 0.2) is 122 Å². The molecule has 356 valence electrons. The molecule has 21 heteroatoms. The highest BCUT2D eigenvalue weighted by Crippen LogP contribution is 2.37. The molecule has 0 amide bonds. The summed E-state index contributed by atoms with van der Waals surface area (Å²) in [5, 5.41) is 16.7. The van der Waals surface area contributed by atoms with Crippen LogP contribution in [-0.2, 0) is 22.9 Å². The van der Waals surface area contributed by atoms with Gasteiger partial charge in [0.2, 0.25) is 0 Å². The number of aliphatic imine (C=N–C) groups is 2. The highest BCUT2D eigenvalue weighted by molar-refractivity contribution is 7.90. The van der Waals surface area contributed by atoms with Gasteiger partial charge in [-0.2, -0.15) is 67.1 Å². The summed E-state index contributed by atoms with van der Waals surface area (Å²) in [5.74, 6) is 1.86. The van der Waals surface area contributed by atoms with E-state index in [1.54, 1.807) is 30.3 Å². The number of aryl methyl sites for hydroxylation is 3. The van der Waals surface area contributed by atoms with Gasteiger partial charge < -0.3 is 37.9 Å². The van der Waals surface area contributed by atoms with Crippen molar-refractivity contribution in [2.75, 3.05) is 10.6 Å². The lowest BCUT2D eigenvalue weighted by Crippen LogP contribution is -2.20. The molecule has 0 saturated heterocycles. The topological polar surface area (TPSA) is 256 Å². The van der Waals surface area contributed by atoms with Crippen molar-refractivity contribution in [1.29, 1.82) is 0 Å². The normalized spacial score (nSPS) is 15.8. The Morgan fingerprint density at radius 1 is 0.706 bits per heavy atom. The van der Waals surface area contributed by atoms with E-state index in [0.29, 0.717) is 16.9 Å². The Morgan fingerprint density at radius 3 is 1.76 bits per heavy atom. The van der Waals surface area contributed by atoms with Crippen molar-refractivity contribution in [1.82, 2.24) is 39.7 Å². The van der Waals surface area contributed by atoms with Crippen LogP contribution in [0.3, 0.4) is 0 Å². The molecular formula is C47H58N16O2S3. The number of fused-ring (bicyclic) bond motifs is 4. The molecule has 9 rings (SSSR count). The van der Waals surface area contributed by atoms with Crippen molar-refractivity contribution < 1.29 is 8.42 Å². The molecule has 0 unspecified atom stereocenters. The Morgan fingerprint density at radius 2 is 1.22 bits per heavy atom. The molecule has 0 spiro atoms. The second-order valence-electron chi connectivity index (χ2n) is 16.7. The number of H-pyrrole nitrogens is 1. The lowest BCUT2D eigenvalue weighted by molar-refractivity contribution is 0.588. The van der Waals surface area contributed by atoms with E-state index in [0.717, 1.165) is 46.4 Å². The van der Waals surface area contributed by atoms with Crippen molar-refractivity contribution in [2.45, 2.75) is 89.4 Å². The van der Waals surface area contributed by atoms with Gasteiger partial charge in [-0.3, -0.25) is 0 Å². The van der Waals surface area contributed by atoms with Gasteiger partial charge >= 0.3 is 0 Å². The highest BCUT2D eigenvalue weighted by atomic mass is 32.2. The third-order valence-corrected chi connectivity index (χ3v) is 12.6. The molecule has 4 aromatic heterocycles. The largest absolute Gasteiger partial charge is 0.382 e. The molecule has 4 heterocycles. The van der Waals surface area contributed by atoms with E-state index in [1.807, 2.05) is 59.0 Å². The van der Waals surface area contributed by atoms with E-state index < -0.39 is 10.0 Å². The molecule has 9 N–H and O–H groups in total. The van der Waals surface area contributed by atoms with Crippen LogP contribution in [0.5, 0.6) is 0 Å². The van der Waals surface area contributed by atoms with Gasteiger partial charge in [0.05, 0.1) is 40.2 Å². The first kappa shape index (κ1) is 50.4. The lowest BCUT2D eigenvalue weighted by Gasteiger charge is -2.16. The first-order chi connectivity index (χ1) is 31.8. The molecule has 0 bridgehead atoms. The van der Waals surface area contributed by atoms with E-state index in [1.165, 1.54) is 40.9 Å². The average molecular weight is 975 g/mol. The zero-order valence-corrected chi connectivity index (χ0v) is 41.3. The molecule has 2 atom stereocenters. The summed E-state index contributed by atoms with van der Waals surface area (Å²) in [6.07, 6.45) is 10.1. The van der Waals surface area contributed by atoms with Gasteiger partial charge in [-0.1, -0.05) is 66.2 Å². The Labute approximate surface area is 409 Å². The van der Waals surface area contributed by atoms with Crippen LogP contribution in [0.2, 0.25) is 0 Å². The van der Waals surface area contributed by atoms with Gasteiger partial charge in [-0.05, 0) is 107 Å². The Hall–Kier alpha value is -6.97. The highest BCUT2D eigenvalue weighted by Gasteiger charge is 2.27. The maximum Gasteiger partial charge on any atom is 0.269 e. The van der Waals surface area contributed by atoms with Crippen LogP contribution in [-0.4, -0.2) is 73.5 Å². The number of nitrogens with one attached hydrogen (secondary N) is 5. The van der Waals surface area contributed by atoms with Gasteiger partial charge in [0.25, 0.3) is 21.9 Å². The van der Waals surface area contributed by atoms with Gasteiger partial charge in [-0.15, -0.1) is 0 Å². The summed E-state index contributed by atoms with van der Waals surface area (Å²) in [6, 6.07) is 27.7. The summed E-state index contributed by atoms with van der Waals surface area (Å²) in [6.45, 7) is 9.79. The van der Waals surface area contributed by atoms with Crippen LogP contribution in [0.1, 0.15) is 80.4 Å². The van der Waals surface area contributed by atoms with Crippen molar-refractivity contribution >= 4 is 107 Å². The first-order valence-corrected chi connectivity index (χ1v) is 23.3. The number of benzene rings is 3. The van der Waals surface area contributed by atoms with Crippen molar-refractivity contribution in [3.05, 3.63) is 125 Å². The fraction of sp³-hybridized carbons (Fsp3) is 0.277. The molecule has 18 nitrogen and oxygen atoms in total. The lowest BCUT2D eigenvalue weighted by atomic mass is 10.1. The van der Waals surface area contributed by atoms with E-state index in [2.05, 4.69) is 103 Å². The molecule has 0 aliphatic heterocycles. The number of nitrogens with two attached hydrogens (primary N) is 2. The molecule has 68 heavy (non-hydrogen) atoms. The average Bonchev–Trinajstić information content (AvgIpc) is 4.11. The fourth-order valence-corrected chi connectivity index (χ4v) is 9.08. The number of amidine groups is 2. The third kappa shape index (κ3) is 11.8. The summed E-state index contributed by atoms with van der Waals surface area (Å²) >= 11 is 0. The maximum atomic E-state index is 13.6. The summed E-state index contributed by atoms with van der Waals surface area (Å²) in [4.78, 5) is 30.0. The van der Waals surface area contributed by atoms with Crippen molar-refractivity contribution in [2.24, 2.45) is 31.7 Å². The molecule has 2 aliphatic carbocycles. The second kappa shape index (κ2) is 22.2. The number of aromatic amines is 1. The van der Waals surface area contributed by atoms with E-state index in [-0.39, 0.29) is 85.3 Å². The number of aromatic nitrogens is 6. The van der Waals surface area contributed by atoms with Gasteiger partial charge in [0.15, 0.2) is 5.65 Å². The number of hydrogen-bond donors (Lipinski definition) is 7. The van der Waals surface area contributed by atoms with Crippen molar-refractivity contribution in [3.63, 3.8) is 0 Å². The summed E-state index contributed by atoms with van der Waals surface area (Å²) in [5.41, 5.74) is 24.8. The summed E-state index contributed by atoms with van der Waals surface area (Å²) < 4.78 is 28.3. The second-order valence-corrected chi connectivity index (χ2v) is 18.5. The van der Waals surface area contributed by atoms with Crippen LogP contribution in [0.4, 0.5) is 23.5 Å². The Balaban J connectivity index is 0.000000227. The van der Waals surface area contributed by atoms with Gasteiger partial charge in [-0.25, -0.2) is 12.4 Å². The number of rotatable bonds is 14. The molecule has 2 aliphatic rings. The predicted octanol–water partition coefficient (Wildman–Crippen LogP) is 7.30. The standard InChI is InChI=1S/C27H30N8O2S.C20H24N8.2H2S/c1-17(2)34-29-16-24(28)31-27-32-25(30-23-13-10-19-6-4-5-7-21(19)23)22-14-15-35(26(22)33-27)38(36,37)20-11-8-18(3)9-12-20;1-12(2)28-23-11-17(21)25-20-26-18-15(9-10-22-18)19(27-20)24-16-8-7-13-5-3-4-6-14(13)16;;/h4-9,11-12,14-17,23,34H,10,13H2,1-3H3,(H3,28,30,31,32,33);3-6,9-12,16,28H,7-8H2,1-2H3,(H4,21,22,24,25,26,27);2*1H2/b29-16-;23-11-;;/t23-;16-;;/m00../s1. The summed E-state index contributed by atoms with van der Waals surface area (Å²) in [7, 11) is -3.92. The zero-order chi connectivity index (χ0) is 46.4. The smallest absolute Gasteiger partial charge is 0.269 e. The Bertz CT molecular complexity index is 3090. The first-order valence-electron chi connectivity index (χ1n) is 21.8. The zero-order valence-electron chi connectivity index (χ0n) is 38.4. The van der Waals surface area contributed by atoms with E-state index in [4.69, 9.17) is 11.5 Å². The molecule has 7 aromatic rings. The van der Waals surface area contributed by atoms with E-state index in [9.17, 15) is 8.42 Å². The fourth-order valence-electron chi connectivity index (χ4n) is 7.79. The minimum absolute atomic E-state index is 0. The minimum Gasteiger partial charge on any atom is -0.382 e. The Kier molecular flexibility index (Phi) is 16.5. The molecule has 0 saturated carbocycles. The SMILES string of the molecule is CC(C)N/N=C\C(N)=Nc1nc(N[C@H]2CCc3ccccc32)c2cc[nH]c2n1.Cc1ccc(S(=O)(=O)n2ccc3c(N[C@H]4CCc5ccccc54)nc(N=C(N)/C=N\NC(C)C)nc32)cc1.S.S. The van der Waals surface area contributed by atoms with Crippen LogP contribution in [0.25, 0.3) is 22.1 Å². The van der Waals surface area contributed by atoms with Crippen LogP contribution >= 0.6 is 27.0 Å². The minimum atomic E-state index is -3.92. The predicted molar refractivity (Wildman–Crippen MR) is 284 cm³/mol. The van der Waals surface area contributed by atoms with Crippen molar-refractivity contribution in [3.8, 4) is 0 Å². The monoisotopic (exact) mass is 974 g/mol. The number of hydrazone groups is 2. The molecular weight excluding hydrogens is 917 g/mol. The number of nitrogens with zero attached hydrogens (tertiary/aromatic N) is 9. The number of hydrogen-bond acceptors (Lipinski definition) is 14. The third-order valence-electron chi connectivity index (χ3n) is 10.9. The number of anilines is 2. The molecule has 3 aromatic carbocycles. The molecule has 0 radical (unpaired) electrons. The quantitative estimate of drug-likeness (QED) is 0.0322. The van der Waals surface area contributed by atoms with E-state index >= 15 is 0 Å². The van der Waals surface area contributed by atoms with Gasteiger partial charge in [0.1, 0.15) is 29.0 Å².